The number of halogens is 1. The van der Waals surface area contributed by atoms with E-state index in [1.165, 1.54) is 23.9 Å². The van der Waals surface area contributed by atoms with Crippen LogP contribution in [0.5, 0.6) is 5.75 Å². The average Bonchev–Trinajstić information content (AvgIpc) is 3.11. The highest BCUT2D eigenvalue weighted by Gasteiger charge is 2.38. The Kier molecular flexibility index (Phi) is 6.97. The largest absolute Gasteiger partial charge is 0.497 e. The fourth-order valence-corrected chi connectivity index (χ4v) is 4.43. The molecule has 1 fully saturated rings. The van der Waals surface area contributed by atoms with Crippen molar-refractivity contribution in [3.05, 3.63) is 101 Å². The van der Waals surface area contributed by atoms with Crippen LogP contribution < -0.4 is 4.74 Å². The second-order valence-corrected chi connectivity index (χ2v) is 8.42. The van der Waals surface area contributed by atoms with Gasteiger partial charge in [-0.2, -0.15) is 5.10 Å². The van der Waals surface area contributed by atoms with E-state index in [2.05, 4.69) is 10.2 Å². The molecule has 0 spiro atoms. The molecule has 162 valence electrons. The van der Waals surface area contributed by atoms with Crippen LogP contribution in [0.4, 0.5) is 4.39 Å². The van der Waals surface area contributed by atoms with Gasteiger partial charge in [0.15, 0.2) is 5.17 Å². The first-order valence-electron chi connectivity index (χ1n) is 10.1. The van der Waals surface area contributed by atoms with Gasteiger partial charge in [-0.3, -0.25) is 9.69 Å². The molecule has 1 heterocycles. The highest BCUT2D eigenvalue weighted by molar-refractivity contribution is 8.15. The molecule has 3 aromatic carbocycles. The Labute approximate surface area is 190 Å². The number of amides is 1. The van der Waals surface area contributed by atoms with E-state index in [9.17, 15) is 9.18 Å². The summed E-state index contributed by atoms with van der Waals surface area (Å²) in [4.78, 5) is 14.8. The maximum Gasteiger partial charge on any atom is 0.242 e. The molecule has 0 radical (unpaired) electrons. The van der Waals surface area contributed by atoms with Crippen LogP contribution in [0.1, 0.15) is 16.7 Å². The molecule has 1 amide bonds. The summed E-state index contributed by atoms with van der Waals surface area (Å²) in [7, 11) is 1.62. The molecule has 1 aliphatic heterocycles. The summed E-state index contributed by atoms with van der Waals surface area (Å²) < 4.78 is 18.4. The molecule has 0 aromatic heterocycles. The predicted molar refractivity (Wildman–Crippen MR) is 126 cm³/mol. The maximum atomic E-state index is 13.2. The van der Waals surface area contributed by atoms with Crippen molar-refractivity contribution < 1.29 is 13.9 Å². The number of ether oxygens (including phenoxy) is 1. The first-order valence-corrected chi connectivity index (χ1v) is 11.0. The summed E-state index contributed by atoms with van der Waals surface area (Å²) in [6, 6.07) is 23.5. The van der Waals surface area contributed by atoms with Gasteiger partial charge in [0.05, 0.1) is 25.1 Å². The number of thioether (sulfide) groups is 1. The number of amidine groups is 1. The van der Waals surface area contributed by atoms with E-state index < -0.39 is 0 Å². The number of methoxy groups -OCH3 is 1. The first kappa shape index (κ1) is 21.8. The number of hydrogen-bond donors (Lipinski definition) is 0. The molecule has 3 aromatic rings. The van der Waals surface area contributed by atoms with Crippen LogP contribution in [0.2, 0.25) is 0 Å². The zero-order valence-electron chi connectivity index (χ0n) is 17.5. The minimum atomic E-state index is -0.334. The van der Waals surface area contributed by atoms with E-state index in [0.29, 0.717) is 18.1 Å². The quantitative estimate of drug-likeness (QED) is 0.382. The van der Waals surface area contributed by atoms with Crippen molar-refractivity contribution in [2.24, 2.45) is 10.2 Å². The van der Waals surface area contributed by atoms with Crippen LogP contribution in [-0.4, -0.2) is 34.5 Å². The standard InChI is InChI=1S/C25H22FN3O2S/c1-31-22-13-9-19(10-14-22)16-27-28-25-29(17-20-5-3-2-4-6-20)24(30)23(32-25)15-18-7-11-21(26)12-8-18/h2-14,16,23H,15,17H2,1H3. The Morgan fingerprint density at radius 1 is 1.00 bits per heavy atom. The number of nitrogens with zero attached hydrogens (tertiary/aromatic N) is 3. The molecule has 1 saturated heterocycles. The number of benzene rings is 3. The van der Waals surface area contributed by atoms with Crippen LogP contribution in [0.3, 0.4) is 0 Å². The van der Waals surface area contributed by atoms with Crippen molar-refractivity contribution in [2.45, 2.75) is 18.2 Å². The van der Waals surface area contributed by atoms with Crippen LogP contribution in [0.25, 0.3) is 0 Å². The van der Waals surface area contributed by atoms with E-state index in [0.717, 1.165) is 22.4 Å². The molecule has 0 bridgehead atoms. The topological polar surface area (TPSA) is 54.3 Å². The number of carbonyl (C=O) groups excluding carboxylic acids is 1. The molecule has 7 heteroatoms. The van der Waals surface area contributed by atoms with E-state index in [-0.39, 0.29) is 17.0 Å². The van der Waals surface area contributed by atoms with Gasteiger partial charge in [-0.25, -0.2) is 4.39 Å². The lowest BCUT2D eigenvalue weighted by atomic mass is 10.1. The zero-order chi connectivity index (χ0) is 22.3. The Hall–Kier alpha value is -3.45. The second-order valence-electron chi connectivity index (χ2n) is 7.25. The van der Waals surface area contributed by atoms with Gasteiger partial charge >= 0.3 is 0 Å². The van der Waals surface area contributed by atoms with Gasteiger partial charge in [-0.05, 0) is 59.5 Å². The van der Waals surface area contributed by atoms with Crippen LogP contribution >= 0.6 is 11.8 Å². The maximum absolute atomic E-state index is 13.2. The minimum Gasteiger partial charge on any atom is -0.497 e. The molecule has 1 atom stereocenters. The predicted octanol–water partition coefficient (Wildman–Crippen LogP) is 4.91. The summed E-state index contributed by atoms with van der Waals surface area (Å²) in [6.45, 7) is 0.420. The Morgan fingerprint density at radius 3 is 2.41 bits per heavy atom. The van der Waals surface area contributed by atoms with Crippen LogP contribution in [-0.2, 0) is 17.8 Å². The third-order valence-corrected chi connectivity index (χ3v) is 6.17. The molecule has 1 unspecified atom stereocenters. The lowest BCUT2D eigenvalue weighted by Crippen LogP contribution is -2.32. The normalized spacial score (nSPS) is 17.4. The molecule has 5 nitrogen and oxygen atoms in total. The average molecular weight is 448 g/mol. The third kappa shape index (κ3) is 5.42. The van der Waals surface area contributed by atoms with E-state index >= 15 is 0 Å². The van der Waals surface area contributed by atoms with Crippen molar-refractivity contribution >= 4 is 29.1 Å². The van der Waals surface area contributed by atoms with E-state index in [1.807, 2.05) is 54.6 Å². The summed E-state index contributed by atoms with van der Waals surface area (Å²) >= 11 is 1.39. The van der Waals surface area contributed by atoms with Gasteiger partial charge in [0.25, 0.3) is 0 Å². The lowest BCUT2D eigenvalue weighted by Gasteiger charge is -2.16. The van der Waals surface area contributed by atoms with Gasteiger partial charge in [0.1, 0.15) is 11.6 Å². The monoisotopic (exact) mass is 447 g/mol. The molecule has 1 aliphatic rings. The smallest absolute Gasteiger partial charge is 0.242 e. The summed E-state index contributed by atoms with van der Waals surface area (Å²) in [5, 5.41) is 8.79. The zero-order valence-corrected chi connectivity index (χ0v) is 18.3. The van der Waals surface area contributed by atoms with Gasteiger partial charge < -0.3 is 4.74 Å². The molecule has 0 aliphatic carbocycles. The number of carbonyl (C=O) groups is 1. The molecule has 32 heavy (non-hydrogen) atoms. The summed E-state index contributed by atoms with van der Waals surface area (Å²) in [5.74, 6) is 0.449. The van der Waals surface area contributed by atoms with Crippen molar-refractivity contribution in [1.82, 2.24) is 4.90 Å². The fourth-order valence-electron chi connectivity index (χ4n) is 3.30. The van der Waals surface area contributed by atoms with Gasteiger partial charge in [-0.15, -0.1) is 5.10 Å². The highest BCUT2D eigenvalue weighted by Crippen LogP contribution is 2.31. The van der Waals surface area contributed by atoms with Gasteiger partial charge in [0.2, 0.25) is 5.91 Å². The minimum absolute atomic E-state index is 0.0263. The van der Waals surface area contributed by atoms with E-state index in [4.69, 9.17) is 4.74 Å². The molecular weight excluding hydrogens is 425 g/mol. The Balaban J connectivity index is 1.54. The van der Waals surface area contributed by atoms with Crippen molar-refractivity contribution in [2.75, 3.05) is 7.11 Å². The van der Waals surface area contributed by atoms with Gasteiger partial charge in [-0.1, -0.05) is 54.2 Å². The van der Waals surface area contributed by atoms with Crippen molar-refractivity contribution in [3.63, 3.8) is 0 Å². The first-order chi connectivity index (χ1) is 15.6. The summed E-state index contributed by atoms with van der Waals surface area (Å²) in [6.07, 6.45) is 2.14. The third-order valence-electron chi connectivity index (χ3n) is 5.00. The fraction of sp³-hybridized carbons (Fsp3) is 0.160. The molecule has 0 saturated carbocycles. The van der Waals surface area contributed by atoms with Gasteiger partial charge in [0, 0.05) is 0 Å². The summed E-state index contributed by atoms with van der Waals surface area (Å²) in [5.41, 5.74) is 2.79. The van der Waals surface area contributed by atoms with Crippen LogP contribution in [0.15, 0.2) is 89.1 Å². The van der Waals surface area contributed by atoms with E-state index in [1.54, 1.807) is 30.4 Å². The Morgan fingerprint density at radius 2 is 1.72 bits per heavy atom. The molecule has 0 N–H and O–H groups in total. The highest BCUT2D eigenvalue weighted by atomic mass is 32.2. The van der Waals surface area contributed by atoms with Crippen LogP contribution in [0, 0.1) is 5.82 Å². The Bertz CT molecular complexity index is 1120. The molecular formula is C25H22FN3O2S. The van der Waals surface area contributed by atoms with Crippen molar-refractivity contribution in [3.8, 4) is 5.75 Å². The molecule has 4 rings (SSSR count). The lowest BCUT2D eigenvalue weighted by molar-refractivity contribution is -0.126. The number of hydrogen-bond acceptors (Lipinski definition) is 5. The van der Waals surface area contributed by atoms with Crippen molar-refractivity contribution in [1.29, 1.82) is 0 Å². The number of rotatable bonds is 7. The second kappa shape index (κ2) is 10.2. The SMILES string of the molecule is COc1ccc(C=NN=C2SC(Cc3ccc(F)cc3)C(=O)N2Cc2ccccc2)cc1.